The van der Waals surface area contributed by atoms with Crippen LogP contribution in [0, 0.1) is 0 Å². The molecule has 0 fully saturated rings. The zero-order chi connectivity index (χ0) is 15.6. The van der Waals surface area contributed by atoms with Gasteiger partial charge in [-0.05, 0) is 58.7 Å². The second kappa shape index (κ2) is 6.62. The van der Waals surface area contributed by atoms with Gasteiger partial charge in [-0.25, -0.2) is 0 Å². The SMILES string of the molecule is CC(c1cccc(N)c1)N(C)C(=O)c1ccc(Br)cc1Br. The van der Waals surface area contributed by atoms with E-state index in [1.165, 1.54) is 0 Å². The van der Waals surface area contributed by atoms with E-state index in [4.69, 9.17) is 5.73 Å². The van der Waals surface area contributed by atoms with E-state index in [1.54, 1.807) is 18.0 Å². The molecule has 2 rings (SSSR count). The first-order valence-corrected chi connectivity index (χ1v) is 8.06. The van der Waals surface area contributed by atoms with E-state index in [2.05, 4.69) is 31.9 Å². The second-order valence-corrected chi connectivity index (χ2v) is 6.66. The molecule has 5 heteroatoms. The van der Waals surface area contributed by atoms with E-state index in [0.29, 0.717) is 11.3 Å². The topological polar surface area (TPSA) is 46.3 Å². The molecular weight excluding hydrogens is 396 g/mol. The molecule has 2 aromatic rings. The van der Waals surface area contributed by atoms with E-state index in [1.807, 2.05) is 43.3 Å². The van der Waals surface area contributed by atoms with E-state index in [-0.39, 0.29) is 11.9 Å². The predicted octanol–water partition coefficient (Wildman–Crippen LogP) is 4.63. The molecule has 0 radical (unpaired) electrons. The maximum Gasteiger partial charge on any atom is 0.255 e. The van der Waals surface area contributed by atoms with Crippen LogP contribution in [-0.4, -0.2) is 17.9 Å². The normalized spacial score (nSPS) is 12.0. The van der Waals surface area contributed by atoms with Crippen LogP contribution in [0.2, 0.25) is 0 Å². The Bertz CT molecular complexity index is 673. The molecule has 0 saturated carbocycles. The number of anilines is 1. The molecule has 0 spiro atoms. The Hall–Kier alpha value is -1.33. The average molecular weight is 412 g/mol. The minimum atomic E-state index is -0.0588. The number of nitrogen functional groups attached to an aromatic ring is 1. The number of carbonyl (C=O) groups excluding carboxylic acids is 1. The third-order valence-corrected chi connectivity index (χ3v) is 4.61. The van der Waals surface area contributed by atoms with Crippen LogP contribution in [0.15, 0.2) is 51.4 Å². The number of carbonyl (C=O) groups is 1. The molecule has 0 aliphatic rings. The fraction of sp³-hybridized carbons (Fsp3) is 0.188. The fourth-order valence-corrected chi connectivity index (χ4v) is 3.29. The number of hydrogen-bond acceptors (Lipinski definition) is 2. The van der Waals surface area contributed by atoms with Gasteiger partial charge in [0, 0.05) is 21.7 Å². The summed E-state index contributed by atoms with van der Waals surface area (Å²) in [6, 6.07) is 13.1. The Kier molecular flexibility index (Phi) is 5.06. The summed E-state index contributed by atoms with van der Waals surface area (Å²) in [5.74, 6) is -0.0377. The Morgan fingerprint density at radius 3 is 2.52 bits per heavy atom. The first-order chi connectivity index (χ1) is 9.90. The standard InChI is InChI=1S/C16H16Br2N2O/c1-10(11-4-3-5-13(19)8-11)20(2)16(21)14-7-6-12(17)9-15(14)18/h3-10H,19H2,1-2H3. The Morgan fingerprint density at radius 2 is 1.90 bits per heavy atom. The fourth-order valence-electron chi connectivity index (χ4n) is 2.07. The monoisotopic (exact) mass is 410 g/mol. The zero-order valence-electron chi connectivity index (χ0n) is 11.8. The van der Waals surface area contributed by atoms with Gasteiger partial charge in [-0.15, -0.1) is 0 Å². The van der Waals surface area contributed by atoms with Crippen molar-refractivity contribution in [2.75, 3.05) is 12.8 Å². The summed E-state index contributed by atoms with van der Waals surface area (Å²) in [5.41, 5.74) is 8.16. The number of rotatable bonds is 3. The van der Waals surface area contributed by atoms with Crippen molar-refractivity contribution in [3.63, 3.8) is 0 Å². The van der Waals surface area contributed by atoms with Crippen molar-refractivity contribution in [2.24, 2.45) is 0 Å². The molecule has 0 aliphatic heterocycles. The average Bonchev–Trinajstić information content (AvgIpc) is 2.45. The summed E-state index contributed by atoms with van der Waals surface area (Å²) in [4.78, 5) is 14.3. The third kappa shape index (κ3) is 3.66. The van der Waals surface area contributed by atoms with Gasteiger partial charge in [-0.2, -0.15) is 0 Å². The maximum atomic E-state index is 12.6. The van der Waals surface area contributed by atoms with Gasteiger partial charge >= 0.3 is 0 Å². The largest absolute Gasteiger partial charge is 0.399 e. The summed E-state index contributed by atoms with van der Waals surface area (Å²) in [7, 11) is 1.80. The molecule has 2 aromatic carbocycles. The van der Waals surface area contributed by atoms with Crippen LogP contribution in [-0.2, 0) is 0 Å². The molecule has 1 amide bonds. The van der Waals surface area contributed by atoms with Gasteiger partial charge in [0.2, 0.25) is 0 Å². The predicted molar refractivity (Wildman–Crippen MR) is 93.2 cm³/mol. The van der Waals surface area contributed by atoms with Crippen molar-refractivity contribution in [3.8, 4) is 0 Å². The smallest absolute Gasteiger partial charge is 0.255 e. The number of hydrogen-bond donors (Lipinski definition) is 1. The van der Waals surface area contributed by atoms with Crippen molar-refractivity contribution in [3.05, 3.63) is 62.5 Å². The summed E-state index contributed by atoms with van der Waals surface area (Å²) in [5, 5.41) is 0. The quantitative estimate of drug-likeness (QED) is 0.748. The molecule has 0 saturated heterocycles. The van der Waals surface area contributed by atoms with Crippen molar-refractivity contribution < 1.29 is 4.79 Å². The van der Waals surface area contributed by atoms with Crippen LogP contribution >= 0.6 is 31.9 Å². The number of nitrogens with zero attached hydrogens (tertiary/aromatic N) is 1. The molecule has 0 heterocycles. The summed E-state index contributed by atoms with van der Waals surface area (Å²) >= 11 is 6.82. The maximum absolute atomic E-state index is 12.6. The summed E-state index contributed by atoms with van der Waals surface area (Å²) in [6.07, 6.45) is 0. The first kappa shape index (κ1) is 16.0. The lowest BCUT2D eigenvalue weighted by Gasteiger charge is -2.26. The van der Waals surface area contributed by atoms with Gasteiger partial charge in [0.1, 0.15) is 0 Å². The van der Waals surface area contributed by atoms with Crippen molar-refractivity contribution in [1.29, 1.82) is 0 Å². The summed E-state index contributed by atoms with van der Waals surface area (Å²) in [6.45, 7) is 1.99. The van der Waals surface area contributed by atoms with Crippen molar-refractivity contribution in [2.45, 2.75) is 13.0 Å². The minimum Gasteiger partial charge on any atom is -0.399 e. The highest BCUT2D eigenvalue weighted by Crippen LogP contribution is 2.27. The van der Waals surface area contributed by atoms with Gasteiger partial charge < -0.3 is 10.6 Å². The highest BCUT2D eigenvalue weighted by molar-refractivity contribution is 9.11. The Labute approximate surface area is 141 Å². The van der Waals surface area contributed by atoms with E-state index < -0.39 is 0 Å². The van der Waals surface area contributed by atoms with Gasteiger partial charge in [-0.1, -0.05) is 28.1 Å². The van der Waals surface area contributed by atoms with Crippen LogP contribution < -0.4 is 5.73 Å². The molecule has 3 nitrogen and oxygen atoms in total. The van der Waals surface area contributed by atoms with Crippen molar-refractivity contribution in [1.82, 2.24) is 4.90 Å². The summed E-state index contributed by atoms with van der Waals surface area (Å²) < 4.78 is 1.70. The molecule has 110 valence electrons. The highest BCUT2D eigenvalue weighted by Gasteiger charge is 2.20. The molecular formula is C16H16Br2N2O. The van der Waals surface area contributed by atoms with Gasteiger partial charge in [-0.3, -0.25) is 4.79 Å². The van der Waals surface area contributed by atoms with Crippen LogP contribution in [0.4, 0.5) is 5.69 Å². The molecule has 0 aromatic heterocycles. The lowest BCUT2D eigenvalue weighted by atomic mass is 10.1. The lowest BCUT2D eigenvalue weighted by Crippen LogP contribution is -2.30. The van der Waals surface area contributed by atoms with Crippen LogP contribution in [0.1, 0.15) is 28.9 Å². The van der Waals surface area contributed by atoms with Gasteiger partial charge in [0.25, 0.3) is 5.91 Å². The molecule has 2 N–H and O–H groups in total. The molecule has 0 bridgehead atoms. The van der Waals surface area contributed by atoms with E-state index in [0.717, 1.165) is 14.5 Å². The number of halogens is 2. The molecule has 1 atom stereocenters. The van der Waals surface area contributed by atoms with Gasteiger partial charge in [0.05, 0.1) is 11.6 Å². The van der Waals surface area contributed by atoms with Crippen LogP contribution in [0.3, 0.4) is 0 Å². The zero-order valence-corrected chi connectivity index (χ0v) is 15.0. The van der Waals surface area contributed by atoms with Crippen LogP contribution in [0.5, 0.6) is 0 Å². The van der Waals surface area contributed by atoms with Gasteiger partial charge in [0.15, 0.2) is 0 Å². The molecule has 21 heavy (non-hydrogen) atoms. The van der Waals surface area contributed by atoms with E-state index in [9.17, 15) is 4.79 Å². The first-order valence-electron chi connectivity index (χ1n) is 6.48. The number of benzene rings is 2. The third-order valence-electron chi connectivity index (χ3n) is 3.46. The lowest BCUT2D eigenvalue weighted by molar-refractivity contribution is 0.0741. The second-order valence-electron chi connectivity index (χ2n) is 4.89. The molecule has 1 unspecified atom stereocenters. The van der Waals surface area contributed by atoms with Crippen LogP contribution in [0.25, 0.3) is 0 Å². The van der Waals surface area contributed by atoms with E-state index >= 15 is 0 Å². The minimum absolute atomic E-state index is 0.0377. The Balaban J connectivity index is 2.26. The highest BCUT2D eigenvalue weighted by atomic mass is 79.9. The number of amides is 1. The number of nitrogens with two attached hydrogens (primary N) is 1. The Morgan fingerprint density at radius 1 is 1.19 bits per heavy atom. The molecule has 0 aliphatic carbocycles. The van der Waals surface area contributed by atoms with Crippen molar-refractivity contribution >= 4 is 43.5 Å².